The van der Waals surface area contributed by atoms with Crippen LogP contribution in [0.5, 0.6) is 0 Å². The van der Waals surface area contributed by atoms with Crippen LogP contribution in [0, 0.1) is 6.92 Å². The number of aromatic nitrogens is 2. The van der Waals surface area contributed by atoms with Gasteiger partial charge in [0.25, 0.3) is 5.91 Å². The van der Waals surface area contributed by atoms with E-state index >= 15 is 0 Å². The number of nitrogens with zero attached hydrogens (tertiary/aromatic N) is 3. The molecule has 1 fully saturated rings. The van der Waals surface area contributed by atoms with Crippen molar-refractivity contribution in [2.75, 3.05) is 0 Å². The fourth-order valence-electron chi connectivity index (χ4n) is 5.49. The van der Waals surface area contributed by atoms with E-state index in [0.717, 1.165) is 54.5 Å². The maximum atomic E-state index is 14.0. The molecule has 0 bridgehead atoms. The molecule has 1 aliphatic carbocycles. The topological polar surface area (TPSA) is 67.2 Å². The van der Waals surface area contributed by atoms with Crippen LogP contribution in [0.2, 0.25) is 0 Å². The van der Waals surface area contributed by atoms with E-state index in [0.29, 0.717) is 18.8 Å². The zero-order valence-corrected chi connectivity index (χ0v) is 21.6. The third kappa shape index (κ3) is 4.57. The summed E-state index contributed by atoms with van der Waals surface area (Å²) in [7, 11) is 0. The molecule has 6 heteroatoms. The van der Waals surface area contributed by atoms with Crippen LogP contribution in [0.25, 0.3) is 11.3 Å². The van der Waals surface area contributed by atoms with E-state index in [-0.39, 0.29) is 17.9 Å². The van der Waals surface area contributed by atoms with Crippen molar-refractivity contribution in [3.8, 4) is 11.3 Å². The molecule has 1 aliphatic heterocycles. The first-order chi connectivity index (χ1) is 17.4. The molecule has 0 unspecified atom stereocenters. The van der Waals surface area contributed by atoms with Crippen LogP contribution in [-0.4, -0.2) is 38.1 Å². The van der Waals surface area contributed by atoms with Crippen LogP contribution in [-0.2, 0) is 24.3 Å². The molecule has 1 atom stereocenters. The number of carbonyl (C=O) groups excluding carboxylic acids is 2. The molecule has 0 saturated heterocycles. The molecule has 2 amide bonds. The lowest BCUT2D eigenvalue weighted by Crippen LogP contribution is -2.64. The molecular formula is C30H36N4O2. The van der Waals surface area contributed by atoms with Gasteiger partial charge in [-0.2, -0.15) is 5.10 Å². The number of carbonyl (C=O) groups is 2. The van der Waals surface area contributed by atoms with Crippen LogP contribution in [0.1, 0.15) is 73.1 Å². The van der Waals surface area contributed by atoms with Crippen molar-refractivity contribution in [2.24, 2.45) is 0 Å². The largest absolute Gasteiger partial charge is 0.351 e. The average molecular weight is 485 g/mol. The number of amides is 2. The summed E-state index contributed by atoms with van der Waals surface area (Å²) in [6.07, 6.45) is 6.46. The number of fused-ring (bicyclic) bond motifs is 1. The summed E-state index contributed by atoms with van der Waals surface area (Å²) in [5.41, 5.74) is 4.63. The Labute approximate surface area is 213 Å². The lowest BCUT2D eigenvalue weighted by molar-refractivity contribution is -0.134. The summed E-state index contributed by atoms with van der Waals surface area (Å²) < 4.78 is 1.74. The zero-order chi connectivity index (χ0) is 25.3. The lowest BCUT2D eigenvalue weighted by Gasteiger charge is -2.44. The molecule has 188 valence electrons. The highest BCUT2D eigenvalue weighted by Gasteiger charge is 2.48. The van der Waals surface area contributed by atoms with Gasteiger partial charge in [-0.1, -0.05) is 74.7 Å². The molecule has 2 aliphatic rings. The van der Waals surface area contributed by atoms with Gasteiger partial charge in [0.05, 0.1) is 12.2 Å². The van der Waals surface area contributed by atoms with Gasteiger partial charge in [0, 0.05) is 18.2 Å². The Balaban J connectivity index is 1.51. The van der Waals surface area contributed by atoms with Crippen LogP contribution < -0.4 is 5.32 Å². The van der Waals surface area contributed by atoms with E-state index in [1.165, 1.54) is 12.0 Å². The Hall–Kier alpha value is -3.41. The smallest absolute Gasteiger partial charge is 0.273 e. The van der Waals surface area contributed by atoms with Gasteiger partial charge < -0.3 is 10.2 Å². The van der Waals surface area contributed by atoms with Crippen molar-refractivity contribution in [2.45, 2.75) is 84.0 Å². The van der Waals surface area contributed by atoms with Gasteiger partial charge in [-0.3, -0.25) is 14.3 Å². The second kappa shape index (κ2) is 9.92. The van der Waals surface area contributed by atoms with E-state index in [1.54, 1.807) is 9.58 Å². The Morgan fingerprint density at radius 3 is 2.50 bits per heavy atom. The standard InChI is InChI=1S/C30H36N4O2/c1-4-22-14-16-23(17-15-22)26-18-27-28(35)33(19-24-11-9-8-10-21(24)2)30(3,20-34(27)32-26)29(36)31-25-12-6-5-7-13-25/h8-11,14-18,25H,4-7,12-13,19-20H2,1-3H3,(H,31,36)/t30-/m0/s1. The summed E-state index contributed by atoms with van der Waals surface area (Å²) in [5, 5.41) is 8.09. The van der Waals surface area contributed by atoms with E-state index in [4.69, 9.17) is 5.10 Å². The van der Waals surface area contributed by atoms with Crippen molar-refractivity contribution in [1.29, 1.82) is 0 Å². The van der Waals surface area contributed by atoms with Gasteiger partial charge in [0.2, 0.25) is 5.91 Å². The summed E-state index contributed by atoms with van der Waals surface area (Å²) in [6, 6.07) is 18.4. The third-order valence-electron chi connectivity index (χ3n) is 7.97. The normalized spacial score (nSPS) is 20.3. The second-order valence-electron chi connectivity index (χ2n) is 10.5. The van der Waals surface area contributed by atoms with Crippen molar-refractivity contribution in [3.05, 3.63) is 77.0 Å². The molecule has 3 aromatic rings. The minimum atomic E-state index is -1.04. The molecule has 2 aromatic carbocycles. The van der Waals surface area contributed by atoms with Gasteiger partial charge in [0.15, 0.2) is 0 Å². The number of aryl methyl sites for hydroxylation is 2. The van der Waals surface area contributed by atoms with Crippen molar-refractivity contribution < 1.29 is 9.59 Å². The summed E-state index contributed by atoms with van der Waals surface area (Å²) in [6.45, 7) is 6.77. The fourth-order valence-corrected chi connectivity index (χ4v) is 5.49. The maximum absolute atomic E-state index is 14.0. The number of nitrogens with one attached hydrogen (secondary N) is 1. The molecule has 36 heavy (non-hydrogen) atoms. The number of hydrogen-bond acceptors (Lipinski definition) is 3. The van der Waals surface area contributed by atoms with Crippen LogP contribution in [0.4, 0.5) is 0 Å². The fraction of sp³-hybridized carbons (Fsp3) is 0.433. The first-order valence-corrected chi connectivity index (χ1v) is 13.2. The summed E-state index contributed by atoms with van der Waals surface area (Å²) in [4.78, 5) is 29.6. The highest BCUT2D eigenvalue weighted by Crippen LogP contribution is 2.32. The quantitative estimate of drug-likeness (QED) is 0.517. The molecule has 1 saturated carbocycles. The first-order valence-electron chi connectivity index (χ1n) is 13.2. The maximum Gasteiger partial charge on any atom is 0.273 e. The first kappa shape index (κ1) is 24.3. The molecule has 6 nitrogen and oxygen atoms in total. The molecule has 0 spiro atoms. The number of hydrogen-bond donors (Lipinski definition) is 1. The van der Waals surface area contributed by atoms with Gasteiger partial charge in [-0.15, -0.1) is 0 Å². The van der Waals surface area contributed by atoms with Crippen molar-refractivity contribution >= 4 is 11.8 Å². The SMILES string of the molecule is CCc1ccc(-c2cc3n(n2)C[C@@](C)(C(=O)NC2CCCCC2)N(Cc2ccccc2C)C3=O)cc1. The van der Waals surface area contributed by atoms with Crippen molar-refractivity contribution in [1.82, 2.24) is 20.0 Å². The van der Waals surface area contributed by atoms with Crippen molar-refractivity contribution in [3.63, 3.8) is 0 Å². The van der Waals surface area contributed by atoms with E-state index in [1.807, 2.05) is 44.2 Å². The van der Waals surface area contributed by atoms with Crippen LogP contribution in [0.3, 0.4) is 0 Å². The molecular weight excluding hydrogens is 448 g/mol. The highest BCUT2D eigenvalue weighted by atomic mass is 16.2. The average Bonchev–Trinajstić information content (AvgIpc) is 3.32. The number of benzene rings is 2. The Morgan fingerprint density at radius 2 is 1.81 bits per heavy atom. The molecule has 1 N–H and O–H groups in total. The Morgan fingerprint density at radius 1 is 1.08 bits per heavy atom. The molecule has 1 aromatic heterocycles. The van der Waals surface area contributed by atoms with E-state index in [9.17, 15) is 9.59 Å². The monoisotopic (exact) mass is 484 g/mol. The lowest BCUT2D eigenvalue weighted by atomic mass is 9.91. The van der Waals surface area contributed by atoms with Crippen LogP contribution in [0.15, 0.2) is 54.6 Å². The third-order valence-corrected chi connectivity index (χ3v) is 7.97. The predicted molar refractivity (Wildman–Crippen MR) is 142 cm³/mol. The molecule has 0 radical (unpaired) electrons. The van der Waals surface area contributed by atoms with Crippen LogP contribution >= 0.6 is 0 Å². The summed E-state index contributed by atoms with van der Waals surface area (Å²) in [5.74, 6) is -0.249. The van der Waals surface area contributed by atoms with Gasteiger partial charge in [-0.05, 0) is 55.9 Å². The summed E-state index contributed by atoms with van der Waals surface area (Å²) >= 11 is 0. The highest BCUT2D eigenvalue weighted by molar-refractivity contribution is 6.00. The second-order valence-corrected chi connectivity index (χ2v) is 10.5. The predicted octanol–water partition coefficient (Wildman–Crippen LogP) is 5.28. The Kier molecular flexibility index (Phi) is 6.69. The minimum Gasteiger partial charge on any atom is -0.351 e. The van der Waals surface area contributed by atoms with Gasteiger partial charge in [-0.25, -0.2) is 0 Å². The van der Waals surface area contributed by atoms with Gasteiger partial charge in [0.1, 0.15) is 11.2 Å². The zero-order valence-electron chi connectivity index (χ0n) is 21.6. The van der Waals surface area contributed by atoms with E-state index in [2.05, 4.69) is 36.5 Å². The molecule has 2 heterocycles. The van der Waals surface area contributed by atoms with Gasteiger partial charge >= 0.3 is 0 Å². The molecule has 5 rings (SSSR count). The Bertz CT molecular complexity index is 1260. The minimum absolute atomic E-state index is 0.0914. The number of rotatable bonds is 6. The van der Waals surface area contributed by atoms with E-state index < -0.39 is 5.54 Å².